The molecule has 0 spiro atoms. The van der Waals surface area contributed by atoms with E-state index < -0.39 is 11.7 Å². The summed E-state index contributed by atoms with van der Waals surface area (Å²) in [6.07, 6.45) is -4.57. The van der Waals surface area contributed by atoms with Crippen molar-refractivity contribution in [1.29, 1.82) is 0 Å². The highest BCUT2D eigenvalue weighted by atomic mass is 19.4. The Kier molecular flexibility index (Phi) is 7.45. The van der Waals surface area contributed by atoms with Crippen LogP contribution in [0.3, 0.4) is 0 Å². The molecule has 0 saturated heterocycles. The molecule has 3 nitrogen and oxygen atoms in total. The van der Waals surface area contributed by atoms with Gasteiger partial charge in [0.2, 0.25) is 0 Å². The Labute approximate surface area is 301 Å². The van der Waals surface area contributed by atoms with Gasteiger partial charge in [0.1, 0.15) is 0 Å². The van der Waals surface area contributed by atoms with Crippen LogP contribution in [0.2, 0.25) is 0 Å². The third-order valence-electron chi connectivity index (χ3n) is 10.3. The molecule has 0 aliphatic heterocycles. The zero-order valence-electron chi connectivity index (χ0n) is 30.0. The highest BCUT2D eigenvalue weighted by Crippen LogP contribution is 2.44. The van der Waals surface area contributed by atoms with Crippen LogP contribution in [0.15, 0.2) is 121 Å². The van der Waals surface area contributed by atoms with Crippen LogP contribution >= 0.6 is 0 Å². The minimum Gasteiger partial charge on any atom is -0.310 e. The van der Waals surface area contributed by atoms with Crippen molar-refractivity contribution in [3.8, 4) is 22.5 Å². The number of aromatic nitrogens is 2. The molecule has 0 saturated carbocycles. The molecule has 0 aliphatic carbocycles. The first kappa shape index (κ1) is 33.3. The maximum atomic E-state index is 14.6. The topological polar surface area (TPSA) is 14.2 Å². The average molecular weight is 690 g/mol. The second-order valence-corrected chi connectivity index (χ2v) is 15.7. The molecule has 0 radical (unpaired) electrons. The van der Waals surface area contributed by atoms with Crippen LogP contribution in [0.25, 0.3) is 71.0 Å². The van der Waals surface area contributed by atoms with E-state index in [4.69, 9.17) is 6.57 Å². The minimum absolute atomic E-state index is 0.0878. The smallest absolute Gasteiger partial charge is 0.310 e. The van der Waals surface area contributed by atoms with Crippen LogP contribution < -0.4 is 0 Å². The van der Waals surface area contributed by atoms with Crippen molar-refractivity contribution in [1.82, 2.24) is 9.13 Å². The molecule has 0 aliphatic rings. The summed E-state index contributed by atoms with van der Waals surface area (Å²) < 4.78 is 48.0. The van der Waals surface area contributed by atoms with Gasteiger partial charge < -0.3 is 9.13 Å². The molecule has 2 heterocycles. The molecule has 258 valence electrons. The summed E-state index contributed by atoms with van der Waals surface area (Å²) in [4.78, 5) is 3.77. The molecular formula is C46H38F3N3. The standard InChI is InChI=1S/C46H38F3N3/c1-44(2,3)28-16-21-40-35(24-28)32-12-8-10-14-38(32)51(40)41-23-18-30(46(47,48)49)26-37(41)34-20-19-31(50-7)27-43(34)52-39-15-11-9-13-33(39)36-25-29(45(4,5)6)17-22-42(36)52/h8-27H,1-6H3. The van der Waals surface area contributed by atoms with Crippen molar-refractivity contribution in [2.45, 2.75) is 58.5 Å². The number of fused-ring (bicyclic) bond motifs is 6. The highest BCUT2D eigenvalue weighted by molar-refractivity contribution is 6.12. The fourth-order valence-electron chi connectivity index (χ4n) is 7.52. The lowest BCUT2D eigenvalue weighted by molar-refractivity contribution is -0.137. The maximum Gasteiger partial charge on any atom is 0.416 e. The molecule has 0 bridgehead atoms. The van der Waals surface area contributed by atoms with Crippen molar-refractivity contribution in [2.24, 2.45) is 0 Å². The number of hydrogen-bond donors (Lipinski definition) is 0. The third kappa shape index (κ3) is 5.35. The first-order valence-corrected chi connectivity index (χ1v) is 17.5. The van der Waals surface area contributed by atoms with Crippen LogP contribution in [0.1, 0.15) is 58.2 Å². The van der Waals surface area contributed by atoms with Crippen LogP contribution in [0, 0.1) is 6.57 Å². The predicted molar refractivity (Wildman–Crippen MR) is 209 cm³/mol. The average Bonchev–Trinajstić information content (AvgIpc) is 3.62. The largest absolute Gasteiger partial charge is 0.416 e. The van der Waals surface area contributed by atoms with E-state index in [2.05, 4.69) is 104 Å². The van der Waals surface area contributed by atoms with Crippen LogP contribution in [-0.4, -0.2) is 9.13 Å². The molecule has 2 aromatic heterocycles. The van der Waals surface area contributed by atoms with Crippen molar-refractivity contribution >= 4 is 49.3 Å². The summed E-state index contributed by atoms with van der Waals surface area (Å²) in [6.45, 7) is 21.0. The van der Waals surface area contributed by atoms with E-state index in [1.165, 1.54) is 23.3 Å². The SMILES string of the molecule is [C-]#[N+]c1ccc(-c2cc(C(F)(F)F)ccc2-n2c3ccccc3c3cc(C(C)(C)C)ccc32)c(-n2c3ccccc3c3cc(C(C)(C)C)ccc32)c1. The fraction of sp³-hybridized carbons (Fsp3) is 0.196. The molecule has 0 amide bonds. The molecular weight excluding hydrogens is 652 g/mol. The van der Waals surface area contributed by atoms with Crippen LogP contribution in [-0.2, 0) is 17.0 Å². The van der Waals surface area contributed by atoms with E-state index in [0.29, 0.717) is 28.2 Å². The summed E-state index contributed by atoms with van der Waals surface area (Å²) in [7, 11) is 0. The molecule has 8 rings (SSSR count). The van der Waals surface area contributed by atoms with Crippen molar-refractivity contribution in [3.05, 3.63) is 149 Å². The first-order chi connectivity index (χ1) is 24.6. The molecule has 6 heteroatoms. The molecule has 8 aromatic rings. The van der Waals surface area contributed by atoms with Crippen LogP contribution in [0.4, 0.5) is 18.9 Å². The summed E-state index contributed by atoms with van der Waals surface area (Å²) in [5, 5.41) is 4.14. The number of hydrogen-bond acceptors (Lipinski definition) is 0. The fourth-order valence-corrected chi connectivity index (χ4v) is 7.52. The summed E-state index contributed by atoms with van der Waals surface area (Å²) >= 11 is 0. The first-order valence-electron chi connectivity index (χ1n) is 17.5. The van der Waals surface area contributed by atoms with Gasteiger partial charge >= 0.3 is 6.18 Å². The Hall–Kier alpha value is -5.80. The number of halogens is 3. The number of nitrogens with zero attached hydrogens (tertiary/aromatic N) is 3. The highest BCUT2D eigenvalue weighted by Gasteiger charge is 2.32. The van der Waals surface area contributed by atoms with Crippen molar-refractivity contribution in [2.75, 3.05) is 0 Å². The molecule has 0 fully saturated rings. The van der Waals surface area contributed by atoms with Gasteiger partial charge in [-0.3, -0.25) is 0 Å². The van der Waals surface area contributed by atoms with E-state index in [9.17, 15) is 13.2 Å². The Balaban J connectivity index is 1.50. The van der Waals surface area contributed by atoms with Crippen LogP contribution in [0.5, 0.6) is 0 Å². The maximum absolute atomic E-state index is 14.6. The summed E-state index contributed by atoms with van der Waals surface area (Å²) in [5.74, 6) is 0. The monoisotopic (exact) mass is 689 g/mol. The minimum atomic E-state index is -4.57. The van der Waals surface area contributed by atoms with E-state index in [0.717, 1.165) is 43.6 Å². The van der Waals surface area contributed by atoms with E-state index in [-0.39, 0.29) is 10.8 Å². The van der Waals surface area contributed by atoms with E-state index >= 15 is 0 Å². The van der Waals surface area contributed by atoms with Gasteiger partial charge in [0.05, 0.1) is 39.9 Å². The molecule has 0 N–H and O–H groups in total. The van der Waals surface area contributed by atoms with Gasteiger partial charge in [-0.05, 0) is 82.6 Å². The predicted octanol–water partition coefficient (Wildman–Crippen LogP) is 13.7. The van der Waals surface area contributed by atoms with Crippen molar-refractivity contribution in [3.63, 3.8) is 0 Å². The normalized spacial score (nSPS) is 12.7. The Morgan fingerprint density at radius 3 is 1.44 bits per heavy atom. The Morgan fingerprint density at radius 1 is 0.462 bits per heavy atom. The second kappa shape index (κ2) is 11.6. The number of rotatable bonds is 3. The van der Waals surface area contributed by atoms with Gasteiger partial charge in [0, 0.05) is 38.4 Å². The van der Waals surface area contributed by atoms with Gasteiger partial charge in [-0.25, -0.2) is 4.85 Å². The third-order valence-corrected chi connectivity index (χ3v) is 10.3. The summed E-state index contributed by atoms with van der Waals surface area (Å²) in [5.41, 5.74) is 7.73. The number of para-hydroxylation sites is 2. The molecule has 0 atom stereocenters. The van der Waals surface area contributed by atoms with Crippen molar-refractivity contribution < 1.29 is 13.2 Å². The van der Waals surface area contributed by atoms with E-state index in [1.54, 1.807) is 24.3 Å². The van der Waals surface area contributed by atoms with Gasteiger partial charge in [-0.15, -0.1) is 0 Å². The lowest BCUT2D eigenvalue weighted by Gasteiger charge is -2.21. The number of benzene rings is 6. The lowest BCUT2D eigenvalue weighted by atomic mass is 9.86. The van der Waals surface area contributed by atoms with Gasteiger partial charge in [0.25, 0.3) is 0 Å². The number of alkyl halides is 3. The second-order valence-electron chi connectivity index (χ2n) is 15.7. The molecule has 6 aromatic carbocycles. The zero-order valence-corrected chi connectivity index (χ0v) is 30.0. The van der Waals surface area contributed by atoms with Gasteiger partial charge in [-0.1, -0.05) is 102 Å². The molecule has 0 unspecified atom stereocenters. The summed E-state index contributed by atoms with van der Waals surface area (Å²) in [6, 6.07) is 38.3. The quantitative estimate of drug-likeness (QED) is 0.164. The van der Waals surface area contributed by atoms with E-state index in [1.807, 2.05) is 36.4 Å². The lowest BCUT2D eigenvalue weighted by Crippen LogP contribution is -2.10. The molecule has 52 heavy (non-hydrogen) atoms. The Bertz CT molecular complexity index is 2760. The van der Waals surface area contributed by atoms with Gasteiger partial charge in [-0.2, -0.15) is 13.2 Å². The van der Waals surface area contributed by atoms with Gasteiger partial charge in [0.15, 0.2) is 5.69 Å². The Morgan fingerprint density at radius 2 is 0.942 bits per heavy atom. The zero-order chi connectivity index (χ0) is 36.7.